The SMILES string of the molecule is CC(=O)OC(C)=O.Cc1ccc2[nH]ccc2c1.Cc1ccc2c(c1CN1CCCCC1)OCC2=O.Cc1ccc2n[nH]c(C=O)c2c1.ClCC[NH+]1CCOCC1.O=C1COc2c1ccc(O)c2CN1CCCCC1.O=Cc1[nH]nc2ccc(OCCN3CCOCC3)cc12.Oc1ccc2[nH]ccc2c1.[Cl-]. The number of phenolic OH excluding ortho intramolecular Hbond substituents is 2. The van der Waals surface area contributed by atoms with Crippen molar-refractivity contribution in [2.45, 2.75) is 86.2 Å². The Morgan fingerprint density at radius 2 is 1.10 bits per heavy atom. The molecule has 4 fully saturated rings. The lowest BCUT2D eigenvalue weighted by molar-refractivity contribution is -0.905. The normalized spacial score (nSPS) is 15.5. The molecule has 560 valence electrons. The highest BCUT2D eigenvalue weighted by Crippen LogP contribution is 2.37. The summed E-state index contributed by atoms with van der Waals surface area (Å²) >= 11 is 5.57. The molecule has 0 atom stereocenters. The van der Waals surface area contributed by atoms with E-state index in [2.05, 4.69) is 87.9 Å². The van der Waals surface area contributed by atoms with E-state index in [1.54, 1.807) is 29.2 Å². The van der Waals surface area contributed by atoms with E-state index in [9.17, 15) is 33.9 Å². The average Bonchev–Trinajstić information content (AvgIpc) is 1.70. The van der Waals surface area contributed by atoms with Crippen LogP contribution in [0.15, 0.2) is 122 Å². The molecule has 0 bridgehead atoms. The molecule has 6 aliphatic heterocycles. The molecule has 26 heteroatoms. The van der Waals surface area contributed by atoms with E-state index in [-0.39, 0.29) is 42.9 Å². The highest BCUT2D eigenvalue weighted by Gasteiger charge is 2.29. The maximum atomic E-state index is 11.7. The van der Waals surface area contributed by atoms with Crippen LogP contribution in [0.3, 0.4) is 0 Å². The van der Waals surface area contributed by atoms with Crippen LogP contribution in [0, 0.1) is 20.8 Å². The number of hydrogen-bond acceptors (Lipinski definition) is 19. The van der Waals surface area contributed by atoms with Gasteiger partial charge in [0, 0.05) is 91.7 Å². The number of phenols is 2. The van der Waals surface area contributed by atoms with Gasteiger partial charge in [-0.3, -0.25) is 53.7 Å². The number of morpholine rings is 2. The molecule has 6 aliphatic rings. The number of ether oxygens (including phenoxy) is 6. The first kappa shape index (κ1) is 81.2. The molecule has 6 aromatic carbocycles. The number of benzene rings is 6. The molecule has 0 unspecified atom stereocenters. The van der Waals surface area contributed by atoms with Crippen molar-refractivity contribution in [1.82, 2.24) is 45.1 Å². The first-order valence-electron chi connectivity index (χ1n) is 35.4. The van der Waals surface area contributed by atoms with Gasteiger partial charge in [0.1, 0.15) is 59.8 Å². The summed E-state index contributed by atoms with van der Waals surface area (Å²) in [6.07, 6.45) is 13.0. The first-order chi connectivity index (χ1) is 50.5. The number of Topliss-reactive ketones (excluding diaryl/α,β-unsaturated/α-hetero) is 2. The monoisotopic (exact) mass is 1480 g/mol. The largest absolute Gasteiger partial charge is 1.00 e. The van der Waals surface area contributed by atoms with Crippen molar-refractivity contribution in [3.63, 3.8) is 0 Å². The lowest BCUT2D eigenvalue weighted by Crippen LogP contribution is -3.14. The molecule has 0 spiro atoms. The quantitative estimate of drug-likeness (QED) is 0.0265. The second-order valence-electron chi connectivity index (χ2n) is 26.0. The minimum Gasteiger partial charge on any atom is -1.00 e. The summed E-state index contributed by atoms with van der Waals surface area (Å²) in [5, 5.41) is 36.4. The van der Waals surface area contributed by atoms with E-state index in [0.717, 1.165) is 178 Å². The van der Waals surface area contributed by atoms with Crippen LogP contribution >= 0.6 is 11.6 Å². The number of esters is 2. The maximum Gasteiger partial charge on any atom is 0.310 e. The molecule has 0 amide bonds. The number of aldehydes is 2. The number of alkyl halides is 1. The van der Waals surface area contributed by atoms with Crippen LogP contribution in [-0.2, 0) is 36.9 Å². The molecule has 16 rings (SSSR count). The Morgan fingerprint density at radius 3 is 1.68 bits per heavy atom. The van der Waals surface area contributed by atoms with E-state index in [1.165, 1.54) is 80.0 Å². The highest BCUT2D eigenvalue weighted by atomic mass is 35.5. The summed E-state index contributed by atoms with van der Waals surface area (Å²) in [5.74, 6) is 2.50. The van der Waals surface area contributed by atoms with Crippen molar-refractivity contribution in [3.05, 3.63) is 172 Å². The second kappa shape index (κ2) is 41.9. The fourth-order valence-corrected chi connectivity index (χ4v) is 12.8. The predicted octanol–water partition coefficient (Wildman–Crippen LogP) is 7.87. The number of aromatic hydroxyl groups is 2. The van der Waals surface area contributed by atoms with Gasteiger partial charge in [-0.1, -0.05) is 42.2 Å². The summed E-state index contributed by atoms with van der Waals surface area (Å²) < 4.78 is 31.2. The number of ketones is 2. The predicted molar refractivity (Wildman–Crippen MR) is 400 cm³/mol. The molecule has 105 heavy (non-hydrogen) atoms. The highest BCUT2D eigenvalue weighted by molar-refractivity contribution is 6.18. The molecule has 7 N–H and O–H groups in total. The third-order valence-corrected chi connectivity index (χ3v) is 18.4. The number of rotatable bonds is 12. The molecule has 4 aromatic heterocycles. The molecule has 4 saturated heterocycles. The van der Waals surface area contributed by atoms with Crippen LogP contribution < -0.4 is 31.5 Å². The summed E-state index contributed by atoms with van der Waals surface area (Å²) in [6.45, 7) is 25.1. The molecular formula is C79H96Cl2N10O14. The van der Waals surface area contributed by atoms with Gasteiger partial charge < -0.3 is 65.9 Å². The number of hydrogen-bond donors (Lipinski definition) is 7. The lowest BCUT2D eigenvalue weighted by atomic mass is 10.0. The third-order valence-electron chi connectivity index (χ3n) is 18.2. The number of carbonyl (C=O) groups is 6. The minimum absolute atomic E-state index is 0. The Balaban J connectivity index is 0.000000155. The third kappa shape index (κ3) is 24.5. The van der Waals surface area contributed by atoms with Gasteiger partial charge >= 0.3 is 11.9 Å². The number of fused-ring (bicyclic) bond motifs is 6. The van der Waals surface area contributed by atoms with Crippen LogP contribution in [0.25, 0.3) is 43.6 Å². The molecule has 0 radical (unpaired) electrons. The zero-order valence-electron chi connectivity index (χ0n) is 60.4. The second-order valence-corrected chi connectivity index (χ2v) is 26.4. The zero-order valence-corrected chi connectivity index (χ0v) is 61.9. The number of aromatic nitrogens is 6. The van der Waals surface area contributed by atoms with E-state index >= 15 is 0 Å². The fourth-order valence-electron chi connectivity index (χ4n) is 12.6. The van der Waals surface area contributed by atoms with Crippen LogP contribution in [0.1, 0.15) is 122 Å². The molecular weight excluding hydrogens is 1380 g/mol. The number of piperidine rings is 2. The van der Waals surface area contributed by atoms with Crippen molar-refractivity contribution in [2.75, 3.05) is 118 Å². The van der Waals surface area contributed by atoms with Gasteiger partial charge in [0.2, 0.25) is 11.6 Å². The number of likely N-dealkylation sites (tertiary alicyclic amines) is 2. The van der Waals surface area contributed by atoms with Gasteiger partial charge in [-0.15, -0.1) is 11.6 Å². The fraction of sp³-hybridized carbons (Fsp3) is 0.392. The number of aromatic amines is 4. The summed E-state index contributed by atoms with van der Waals surface area (Å²) in [6, 6.07) is 34.2. The minimum atomic E-state index is -0.562. The number of nitrogens with one attached hydrogen (secondary N) is 5. The molecule has 0 aliphatic carbocycles. The van der Waals surface area contributed by atoms with Crippen molar-refractivity contribution >= 4 is 91.3 Å². The Hall–Kier alpha value is -9.50. The van der Waals surface area contributed by atoms with Gasteiger partial charge in [-0.25, -0.2) is 0 Å². The summed E-state index contributed by atoms with van der Waals surface area (Å²) in [7, 11) is 0. The van der Waals surface area contributed by atoms with E-state index < -0.39 is 11.9 Å². The summed E-state index contributed by atoms with van der Waals surface area (Å²) in [5.41, 5.74) is 11.9. The maximum absolute atomic E-state index is 11.7. The zero-order chi connectivity index (χ0) is 73.7. The number of H-pyrrole nitrogens is 4. The standard InChI is InChI=1S/C15H19NO2.C14H17N3O3.C14H17NO3.C9H8N2O.C9H9N.C8H7NO.C6H12ClNO.C4H6O3.ClH/c1-11-5-6-12-14(17)10-18-15(12)13(11)9-16-7-3-2-4-8-16;18-10-14-12-9-11(1-2-13(12)15-16-14)20-8-5-17-3-6-19-7-4-17;16-12-5-4-10-13(17)9-18-14(10)11(12)8-15-6-2-1-3-7-15;1-6-2-3-8-7(4-6)9(5-12)11-10-8;1-7-2-3-9-8(6-7)4-5-10-9;10-7-1-2-8-6(5-7)3-4-9-8;7-1-2-8-3-5-9-6-4-8;1-3(5)7-4(2)6;/h5-6H,2-4,7-10H2,1H3;1-2,9-10H,3-8H2,(H,15,16);4-5,16H,1-3,6-9H2;2-5H,1H3,(H,10,11);2-6,10H,1H3;1-5,9-10H;1-6H2;1-2H3;1H. The molecule has 0 saturated carbocycles. The average molecular weight is 1480 g/mol. The van der Waals surface area contributed by atoms with E-state index in [4.69, 9.17) is 40.4 Å². The smallest absolute Gasteiger partial charge is 0.310 e. The van der Waals surface area contributed by atoms with Gasteiger partial charge in [-0.2, -0.15) is 10.2 Å². The number of quaternary nitrogens is 1. The van der Waals surface area contributed by atoms with Crippen LogP contribution in [-0.4, -0.2) is 209 Å². The van der Waals surface area contributed by atoms with E-state index in [1.807, 2.05) is 80.0 Å². The van der Waals surface area contributed by atoms with Crippen molar-refractivity contribution < 1.29 is 84.7 Å². The molecule has 10 heterocycles. The van der Waals surface area contributed by atoms with Crippen LogP contribution in [0.4, 0.5) is 0 Å². The Labute approximate surface area is 622 Å². The Bertz CT molecular complexity index is 4280. The first-order valence-corrected chi connectivity index (χ1v) is 36.0. The number of aryl methyl sites for hydroxylation is 3. The van der Waals surface area contributed by atoms with Crippen molar-refractivity contribution in [3.8, 4) is 28.7 Å². The van der Waals surface area contributed by atoms with Gasteiger partial charge in [0.15, 0.2) is 25.8 Å². The number of nitrogens with zero attached hydrogens (tertiary/aromatic N) is 5. The molecule has 24 nitrogen and oxygen atoms in total. The van der Waals surface area contributed by atoms with Crippen LogP contribution in [0.5, 0.6) is 28.7 Å². The van der Waals surface area contributed by atoms with Gasteiger partial charge in [0.25, 0.3) is 0 Å². The van der Waals surface area contributed by atoms with Crippen molar-refractivity contribution in [1.29, 1.82) is 0 Å². The van der Waals surface area contributed by atoms with Crippen molar-refractivity contribution in [2.24, 2.45) is 0 Å². The topological polar surface area (TPSA) is 301 Å². The van der Waals surface area contributed by atoms with E-state index in [0.29, 0.717) is 41.6 Å². The number of halogens is 2. The lowest BCUT2D eigenvalue weighted by Gasteiger charge is -2.27. The number of carbonyl (C=O) groups excluding carboxylic acids is 6. The van der Waals surface area contributed by atoms with Gasteiger partial charge in [0.05, 0.1) is 66.6 Å². The Kier molecular flexibility index (Phi) is 32.4. The van der Waals surface area contributed by atoms with Gasteiger partial charge in [-0.05, 0) is 175 Å². The van der Waals surface area contributed by atoms with Crippen LogP contribution in [0.2, 0.25) is 0 Å². The Morgan fingerprint density at radius 1 is 0.590 bits per heavy atom. The summed E-state index contributed by atoms with van der Waals surface area (Å²) in [4.78, 5) is 79.2. The molecule has 10 aromatic rings.